The Morgan fingerprint density at radius 1 is 1.44 bits per heavy atom. The van der Waals surface area contributed by atoms with Gasteiger partial charge in [-0.3, -0.25) is 0 Å². The molecule has 18 heavy (non-hydrogen) atoms. The number of nitrogens with zero attached hydrogens (tertiary/aromatic N) is 2. The minimum Gasteiger partial charge on any atom is -0.368 e. The fraction of sp³-hybridized carbons (Fsp3) is 0.154. The number of thiophene rings is 1. The Hall–Kier alpha value is -1.02. The van der Waals surface area contributed by atoms with Crippen LogP contribution in [0.1, 0.15) is 10.4 Å². The summed E-state index contributed by atoms with van der Waals surface area (Å²) < 4.78 is 1.10. The number of rotatable bonds is 3. The van der Waals surface area contributed by atoms with Crippen LogP contribution in [0.15, 0.2) is 34.1 Å². The van der Waals surface area contributed by atoms with Crippen molar-refractivity contribution < 1.29 is 0 Å². The molecule has 0 spiro atoms. The van der Waals surface area contributed by atoms with Gasteiger partial charge in [-0.1, -0.05) is 11.6 Å². The van der Waals surface area contributed by atoms with E-state index in [1.165, 1.54) is 4.88 Å². The molecule has 0 unspecified atom stereocenters. The zero-order valence-corrected chi connectivity index (χ0v) is 12.8. The molecule has 0 saturated carbocycles. The fourth-order valence-electron chi connectivity index (χ4n) is 1.64. The predicted octanol–water partition coefficient (Wildman–Crippen LogP) is 4.67. The zero-order chi connectivity index (χ0) is 13.1. The molecule has 0 atom stereocenters. The summed E-state index contributed by atoms with van der Waals surface area (Å²) in [5.74, 6) is 0. The zero-order valence-electron chi connectivity index (χ0n) is 9.65. The highest BCUT2D eigenvalue weighted by molar-refractivity contribution is 9.10. The lowest BCUT2D eigenvalue weighted by Gasteiger charge is -2.19. The van der Waals surface area contributed by atoms with Gasteiger partial charge in [-0.2, -0.15) is 5.26 Å². The molecule has 1 heterocycles. The second kappa shape index (κ2) is 5.75. The van der Waals surface area contributed by atoms with Crippen LogP contribution in [0.5, 0.6) is 0 Å². The topological polar surface area (TPSA) is 27.0 Å². The number of hydrogen-bond acceptors (Lipinski definition) is 3. The van der Waals surface area contributed by atoms with Crippen molar-refractivity contribution >= 4 is 44.6 Å². The summed E-state index contributed by atoms with van der Waals surface area (Å²) in [5, 5.41) is 11.5. The number of nitriles is 1. The molecule has 92 valence electrons. The quantitative estimate of drug-likeness (QED) is 0.811. The molecule has 2 aromatic rings. The molecule has 0 aliphatic heterocycles. The Bertz CT molecular complexity index is 603. The van der Waals surface area contributed by atoms with Crippen molar-refractivity contribution in [1.82, 2.24) is 0 Å². The molecule has 0 fully saturated rings. The minimum atomic E-state index is 0.580. The van der Waals surface area contributed by atoms with E-state index in [0.717, 1.165) is 16.7 Å². The Labute approximate surface area is 124 Å². The Kier molecular flexibility index (Phi) is 4.28. The summed E-state index contributed by atoms with van der Waals surface area (Å²) in [6, 6.07) is 9.53. The molecule has 1 aromatic heterocycles. The Morgan fingerprint density at radius 3 is 2.78 bits per heavy atom. The molecule has 5 heteroatoms. The van der Waals surface area contributed by atoms with Gasteiger partial charge in [0.1, 0.15) is 0 Å². The molecule has 2 nitrogen and oxygen atoms in total. The molecule has 0 radical (unpaired) electrons. The molecular formula is C13H10BrClN2S. The van der Waals surface area contributed by atoms with Crippen LogP contribution in [0.2, 0.25) is 5.02 Å². The normalized spacial score (nSPS) is 10.1. The second-order valence-electron chi connectivity index (χ2n) is 3.87. The van der Waals surface area contributed by atoms with Crippen LogP contribution in [0.4, 0.5) is 5.69 Å². The summed E-state index contributed by atoms with van der Waals surface area (Å²) in [4.78, 5) is 3.33. The summed E-state index contributed by atoms with van der Waals surface area (Å²) in [7, 11) is 1.99. The summed E-state index contributed by atoms with van der Waals surface area (Å²) >= 11 is 11.3. The van der Waals surface area contributed by atoms with Gasteiger partial charge in [0.25, 0.3) is 0 Å². The lowest BCUT2D eigenvalue weighted by Crippen LogP contribution is -2.15. The highest BCUT2D eigenvalue weighted by Gasteiger charge is 2.08. The van der Waals surface area contributed by atoms with Gasteiger partial charge in [-0.15, -0.1) is 11.3 Å². The van der Waals surface area contributed by atoms with Crippen LogP contribution in [0.25, 0.3) is 0 Å². The van der Waals surface area contributed by atoms with Gasteiger partial charge in [-0.05, 0) is 40.2 Å². The predicted molar refractivity (Wildman–Crippen MR) is 80.3 cm³/mol. The number of hydrogen-bond donors (Lipinski definition) is 0. The lowest BCUT2D eigenvalue weighted by atomic mass is 10.2. The van der Waals surface area contributed by atoms with Gasteiger partial charge in [0.2, 0.25) is 0 Å². The van der Waals surface area contributed by atoms with Crippen molar-refractivity contribution in [3.05, 3.63) is 49.6 Å². The monoisotopic (exact) mass is 340 g/mol. The molecular weight excluding hydrogens is 332 g/mol. The van der Waals surface area contributed by atoms with Crippen LogP contribution in [0, 0.1) is 11.3 Å². The fourth-order valence-corrected chi connectivity index (χ4v) is 3.47. The van der Waals surface area contributed by atoms with Crippen LogP contribution < -0.4 is 4.90 Å². The van der Waals surface area contributed by atoms with Crippen LogP contribution in [-0.4, -0.2) is 7.05 Å². The average molecular weight is 342 g/mol. The van der Waals surface area contributed by atoms with Gasteiger partial charge in [0.15, 0.2) is 0 Å². The van der Waals surface area contributed by atoms with Gasteiger partial charge >= 0.3 is 0 Å². The molecule has 2 rings (SSSR count). The van der Waals surface area contributed by atoms with E-state index < -0.39 is 0 Å². The van der Waals surface area contributed by atoms with E-state index in [0.29, 0.717) is 10.6 Å². The van der Waals surface area contributed by atoms with Crippen LogP contribution in [-0.2, 0) is 6.54 Å². The van der Waals surface area contributed by atoms with E-state index in [9.17, 15) is 0 Å². The first kappa shape index (κ1) is 13.4. The number of benzene rings is 1. The minimum absolute atomic E-state index is 0.580. The lowest BCUT2D eigenvalue weighted by molar-refractivity contribution is 0.940. The van der Waals surface area contributed by atoms with Crippen molar-refractivity contribution in [3.8, 4) is 6.07 Å². The van der Waals surface area contributed by atoms with E-state index in [1.807, 2.05) is 13.1 Å². The van der Waals surface area contributed by atoms with Crippen molar-refractivity contribution in [2.45, 2.75) is 6.54 Å². The first-order valence-corrected chi connectivity index (χ1v) is 7.29. The van der Waals surface area contributed by atoms with E-state index >= 15 is 0 Å². The Balaban J connectivity index is 2.19. The van der Waals surface area contributed by atoms with E-state index in [2.05, 4.69) is 38.3 Å². The molecule has 0 amide bonds. The SMILES string of the molecule is CN(Cc1cc(Br)cs1)c1ccc(C#N)cc1Cl. The molecule has 0 bridgehead atoms. The second-order valence-corrected chi connectivity index (χ2v) is 6.18. The average Bonchev–Trinajstić information content (AvgIpc) is 2.74. The maximum absolute atomic E-state index is 8.80. The van der Waals surface area contributed by atoms with Crippen molar-refractivity contribution in [2.24, 2.45) is 0 Å². The first-order chi connectivity index (χ1) is 8.60. The van der Waals surface area contributed by atoms with Crippen LogP contribution in [0.3, 0.4) is 0 Å². The number of anilines is 1. The molecule has 0 aliphatic carbocycles. The Morgan fingerprint density at radius 2 is 2.22 bits per heavy atom. The van der Waals surface area contributed by atoms with Crippen molar-refractivity contribution in [2.75, 3.05) is 11.9 Å². The first-order valence-electron chi connectivity index (χ1n) is 5.24. The molecule has 0 aliphatic rings. The van der Waals surface area contributed by atoms with E-state index in [-0.39, 0.29) is 0 Å². The number of halogens is 2. The highest BCUT2D eigenvalue weighted by atomic mass is 79.9. The third-order valence-corrected chi connectivity index (χ3v) is 4.49. The summed E-state index contributed by atoms with van der Waals surface area (Å²) in [5.41, 5.74) is 1.51. The van der Waals surface area contributed by atoms with Gasteiger partial charge in [-0.25, -0.2) is 0 Å². The van der Waals surface area contributed by atoms with E-state index in [1.54, 1.807) is 23.5 Å². The van der Waals surface area contributed by atoms with Gasteiger partial charge in [0.05, 0.1) is 28.9 Å². The maximum atomic E-state index is 8.80. The van der Waals surface area contributed by atoms with Gasteiger partial charge < -0.3 is 4.90 Å². The smallest absolute Gasteiger partial charge is 0.0992 e. The third-order valence-electron chi connectivity index (χ3n) is 2.50. The third kappa shape index (κ3) is 3.05. The molecule has 0 N–H and O–H groups in total. The summed E-state index contributed by atoms with van der Waals surface area (Å²) in [6.07, 6.45) is 0. The van der Waals surface area contributed by atoms with Crippen LogP contribution >= 0.6 is 38.9 Å². The van der Waals surface area contributed by atoms with Crippen molar-refractivity contribution in [1.29, 1.82) is 5.26 Å². The van der Waals surface area contributed by atoms with Crippen molar-refractivity contribution in [3.63, 3.8) is 0 Å². The van der Waals surface area contributed by atoms with E-state index in [4.69, 9.17) is 16.9 Å². The largest absolute Gasteiger partial charge is 0.368 e. The highest BCUT2D eigenvalue weighted by Crippen LogP contribution is 2.28. The molecule has 0 saturated heterocycles. The standard InChI is InChI=1S/C13H10BrClN2S/c1-17(7-11-5-10(14)8-18-11)13-3-2-9(6-16)4-12(13)15/h2-5,8H,7H2,1H3. The maximum Gasteiger partial charge on any atom is 0.0992 e. The molecule has 1 aromatic carbocycles. The van der Waals surface area contributed by atoms with Gasteiger partial charge in [0, 0.05) is 21.8 Å². The summed E-state index contributed by atoms with van der Waals surface area (Å²) in [6.45, 7) is 0.794.